The molecule has 2 heterocycles. The number of hydrogen-bond donors (Lipinski definition) is 1. The smallest absolute Gasteiger partial charge is 0.255 e. The summed E-state index contributed by atoms with van der Waals surface area (Å²) in [6.45, 7) is 1.21. The molecule has 2 aromatic carbocycles. The van der Waals surface area contributed by atoms with Crippen LogP contribution in [-0.4, -0.2) is 21.1 Å². The summed E-state index contributed by atoms with van der Waals surface area (Å²) in [5, 5.41) is 3.28. The summed E-state index contributed by atoms with van der Waals surface area (Å²) in [6, 6.07) is 23.4. The maximum Gasteiger partial charge on any atom is 0.255 e. The van der Waals surface area contributed by atoms with Crippen LogP contribution in [0, 0.1) is 0 Å². The van der Waals surface area contributed by atoms with Crippen LogP contribution in [0.15, 0.2) is 90.0 Å². The van der Waals surface area contributed by atoms with Crippen LogP contribution in [0.3, 0.4) is 0 Å². The van der Waals surface area contributed by atoms with Gasteiger partial charge in [-0.05, 0) is 41.8 Å². The first-order valence-corrected chi connectivity index (χ1v) is 10.2. The fourth-order valence-corrected chi connectivity index (χ4v) is 3.18. The lowest BCUT2D eigenvalue weighted by Crippen LogP contribution is -2.22. The van der Waals surface area contributed by atoms with E-state index in [9.17, 15) is 4.79 Å². The molecule has 0 aliphatic heterocycles. The Labute approximate surface area is 181 Å². The second-order valence-corrected chi connectivity index (χ2v) is 7.19. The molecule has 0 spiro atoms. The highest BCUT2D eigenvalue weighted by Crippen LogP contribution is 2.17. The predicted molar refractivity (Wildman–Crippen MR) is 122 cm³/mol. The van der Waals surface area contributed by atoms with Crippen molar-refractivity contribution < 1.29 is 4.74 Å². The van der Waals surface area contributed by atoms with Crippen molar-refractivity contribution in [3.05, 3.63) is 107 Å². The number of benzene rings is 2. The van der Waals surface area contributed by atoms with E-state index in [-0.39, 0.29) is 5.56 Å². The number of anilines is 1. The van der Waals surface area contributed by atoms with Crippen LogP contribution < -0.4 is 15.6 Å². The molecule has 156 valence electrons. The second kappa shape index (κ2) is 9.71. The minimum atomic E-state index is -0.107. The Kier molecular flexibility index (Phi) is 6.38. The molecule has 4 rings (SSSR count). The predicted octanol–water partition coefficient (Wildman–Crippen LogP) is 4.08. The quantitative estimate of drug-likeness (QED) is 0.472. The van der Waals surface area contributed by atoms with Gasteiger partial charge in [0.2, 0.25) is 5.95 Å². The van der Waals surface area contributed by atoms with E-state index in [1.54, 1.807) is 19.4 Å². The van der Waals surface area contributed by atoms with E-state index in [2.05, 4.69) is 27.4 Å². The topological polar surface area (TPSA) is 69.0 Å². The van der Waals surface area contributed by atoms with Gasteiger partial charge in [-0.2, -0.15) is 0 Å². The largest absolute Gasteiger partial charge is 0.489 e. The van der Waals surface area contributed by atoms with E-state index in [1.165, 1.54) is 16.2 Å². The van der Waals surface area contributed by atoms with E-state index in [0.717, 1.165) is 23.3 Å². The van der Waals surface area contributed by atoms with Crippen molar-refractivity contribution in [3.8, 4) is 17.0 Å². The van der Waals surface area contributed by atoms with Gasteiger partial charge >= 0.3 is 0 Å². The van der Waals surface area contributed by atoms with Crippen molar-refractivity contribution >= 4 is 5.95 Å². The first kappa shape index (κ1) is 20.3. The summed E-state index contributed by atoms with van der Waals surface area (Å²) in [4.78, 5) is 20.9. The molecule has 0 unspecified atom stereocenters. The van der Waals surface area contributed by atoms with Crippen LogP contribution in [0.5, 0.6) is 5.75 Å². The number of ether oxygens (including phenoxy) is 1. The Morgan fingerprint density at radius 2 is 1.68 bits per heavy atom. The van der Waals surface area contributed by atoms with E-state index >= 15 is 0 Å². The van der Waals surface area contributed by atoms with Crippen molar-refractivity contribution in [1.82, 2.24) is 14.5 Å². The van der Waals surface area contributed by atoms with Crippen molar-refractivity contribution in [1.29, 1.82) is 0 Å². The van der Waals surface area contributed by atoms with Crippen molar-refractivity contribution in [2.24, 2.45) is 7.05 Å². The molecule has 6 heteroatoms. The second-order valence-electron chi connectivity index (χ2n) is 7.19. The normalized spacial score (nSPS) is 10.6. The fourth-order valence-electron chi connectivity index (χ4n) is 3.18. The molecule has 6 nitrogen and oxygen atoms in total. The zero-order valence-electron chi connectivity index (χ0n) is 17.4. The lowest BCUT2D eigenvalue weighted by Gasteiger charge is -2.12. The molecule has 0 bridgehead atoms. The zero-order valence-corrected chi connectivity index (χ0v) is 17.4. The van der Waals surface area contributed by atoms with Crippen LogP contribution in [0.2, 0.25) is 0 Å². The van der Waals surface area contributed by atoms with Gasteiger partial charge in [-0.25, -0.2) is 4.98 Å². The standard InChI is InChI=1S/C25H24N4O2/c1-29-24(30)17-23(21-12-14-26-15-13-21)28-25(29)27-16-11-19-7-9-22(10-8-19)31-18-20-5-3-2-4-6-20/h2-10,12-15,17H,11,16,18H2,1H3,(H,27,28). The lowest BCUT2D eigenvalue weighted by molar-refractivity contribution is 0.306. The van der Waals surface area contributed by atoms with Crippen LogP contribution >= 0.6 is 0 Å². The fraction of sp³-hybridized carbons (Fsp3) is 0.160. The van der Waals surface area contributed by atoms with Crippen molar-refractivity contribution in [2.75, 3.05) is 11.9 Å². The highest BCUT2D eigenvalue weighted by molar-refractivity contribution is 5.59. The molecule has 31 heavy (non-hydrogen) atoms. The highest BCUT2D eigenvalue weighted by Gasteiger charge is 2.07. The number of rotatable bonds is 8. The third kappa shape index (κ3) is 5.36. The number of aromatic nitrogens is 3. The molecule has 2 aromatic heterocycles. The van der Waals surface area contributed by atoms with Crippen molar-refractivity contribution in [2.45, 2.75) is 13.0 Å². The van der Waals surface area contributed by atoms with Gasteiger partial charge in [-0.15, -0.1) is 0 Å². The molecule has 0 radical (unpaired) electrons. The molecule has 1 N–H and O–H groups in total. The molecule has 0 aliphatic carbocycles. The molecule has 0 saturated heterocycles. The average molecular weight is 412 g/mol. The molecule has 0 atom stereocenters. The Bertz CT molecular complexity index is 1170. The van der Waals surface area contributed by atoms with Gasteiger partial charge in [0, 0.05) is 37.6 Å². The van der Waals surface area contributed by atoms with Crippen LogP contribution in [0.25, 0.3) is 11.3 Å². The van der Waals surface area contributed by atoms with E-state index in [4.69, 9.17) is 4.74 Å². The Balaban J connectivity index is 1.35. The Morgan fingerprint density at radius 1 is 0.935 bits per heavy atom. The SMILES string of the molecule is Cn1c(NCCc2ccc(OCc3ccccc3)cc2)nc(-c2ccncc2)cc1=O. The third-order valence-corrected chi connectivity index (χ3v) is 4.98. The van der Waals surface area contributed by atoms with E-state index < -0.39 is 0 Å². The number of nitrogens with one attached hydrogen (secondary N) is 1. The molecule has 0 fully saturated rings. The highest BCUT2D eigenvalue weighted by atomic mass is 16.5. The van der Waals surface area contributed by atoms with Gasteiger partial charge in [-0.1, -0.05) is 42.5 Å². The van der Waals surface area contributed by atoms with E-state index in [0.29, 0.717) is 24.8 Å². The van der Waals surface area contributed by atoms with Gasteiger partial charge in [0.25, 0.3) is 5.56 Å². The van der Waals surface area contributed by atoms with Crippen LogP contribution in [-0.2, 0) is 20.1 Å². The number of hydrogen-bond acceptors (Lipinski definition) is 5. The van der Waals surface area contributed by atoms with Gasteiger partial charge in [-0.3, -0.25) is 14.3 Å². The van der Waals surface area contributed by atoms with Gasteiger partial charge in [0.1, 0.15) is 12.4 Å². The molecule has 0 aliphatic rings. The van der Waals surface area contributed by atoms with Gasteiger partial charge < -0.3 is 10.1 Å². The van der Waals surface area contributed by atoms with E-state index in [1.807, 2.05) is 54.6 Å². The summed E-state index contributed by atoms with van der Waals surface area (Å²) in [7, 11) is 1.72. The zero-order chi connectivity index (χ0) is 21.5. The molecular formula is C25H24N4O2. The minimum absolute atomic E-state index is 0.107. The molecule has 4 aromatic rings. The first-order valence-electron chi connectivity index (χ1n) is 10.2. The van der Waals surface area contributed by atoms with Gasteiger partial charge in [0.15, 0.2) is 0 Å². The Morgan fingerprint density at radius 3 is 2.42 bits per heavy atom. The number of pyridine rings is 1. The maximum atomic E-state index is 12.3. The summed E-state index contributed by atoms with van der Waals surface area (Å²) >= 11 is 0. The lowest BCUT2D eigenvalue weighted by atomic mass is 10.1. The Hall–Kier alpha value is -3.93. The average Bonchev–Trinajstić information content (AvgIpc) is 2.82. The molecule has 0 saturated carbocycles. The summed E-state index contributed by atoms with van der Waals surface area (Å²) in [6.07, 6.45) is 4.18. The monoisotopic (exact) mass is 412 g/mol. The summed E-state index contributed by atoms with van der Waals surface area (Å²) in [5.74, 6) is 1.39. The maximum absolute atomic E-state index is 12.3. The third-order valence-electron chi connectivity index (χ3n) is 4.98. The van der Waals surface area contributed by atoms with Crippen molar-refractivity contribution in [3.63, 3.8) is 0 Å². The first-order chi connectivity index (χ1) is 15.2. The van der Waals surface area contributed by atoms with Gasteiger partial charge in [0.05, 0.1) is 5.69 Å². The summed E-state index contributed by atoms with van der Waals surface area (Å²) < 4.78 is 7.36. The number of nitrogens with zero attached hydrogens (tertiary/aromatic N) is 3. The minimum Gasteiger partial charge on any atom is -0.489 e. The molecule has 0 amide bonds. The summed E-state index contributed by atoms with van der Waals surface area (Å²) in [5.41, 5.74) is 3.71. The van der Waals surface area contributed by atoms with Crippen LogP contribution in [0.1, 0.15) is 11.1 Å². The van der Waals surface area contributed by atoms with Crippen LogP contribution in [0.4, 0.5) is 5.95 Å². The molecular weight excluding hydrogens is 388 g/mol.